The van der Waals surface area contributed by atoms with Gasteiger partial charge in [-0.15, -0.1) is 0 Å². The normalized spacial score (nSPS) is 24.2. The van der Waals surface area contributed by atoms with Crippen LogP contribution in [0.4, 0.5) is 13.2 Å². The Labute approximate surface area is 182 Å². The molecule has 0 spiro atoms. The van der Waals surface area contributed by atoms with Crippen LogP contribution in [0.2, 0.25) is 0 Å². The minimum absolute atomic E-state index is 0.0525. The van der Waals surface area contributed by atoms with Crippen LogP contribution in [0.5, 0.6) is 0 Å². The van der Waals surface area contributed by atoms with Crippen molar-refractivity contribution in [2.24, 2.45) is 5.92 Å². The average molecular weight is 433 g/mol. The largest absolute Gasteiger partial charge is 0.388 e. The van der Waals surface area contributed by atoms with Gasteiger partial charge in [-0.3, -0.25) is 0 Å². The number of aliphatic hydroxyl groups excluding tert-OH is 1. The Kier molecular flexibility index (Phi) is 7.02. The lowest BCUT2D eigenvalue weighted by Crippen LogP contribution is -2.16. The van der Waals surface area contributed by atoms with Crippen LogP contribution in [0.15, 0.2) is 30.3 Å². The molecular weight excluding hydrogens is 401 g/mol. The SMILES string of the molecule is CCCC(O)c1ccc(CCC2CCC(c3ccc(C4CO4)c(F)c3F)CC2)cc1F. The van der Waals surface area contributed by atoms with E-state index < -0.39 is 17.7 Å². The highest BCUT2D eigenvalue weighted by molar-refractivity contribution is 5.32. The summed E-state index contributed by atoms with van der Waals surface area (Å²) in [6, 6.07) is 8.57. The molecule has 1 aliphatic carbocycles. The molecule has 2 fully saturated rings. The monoisotopic (exact) mass is 432 g/mol. The van der Waals surface area contributed by atoms with E-state index in [1.54, 1.807) is 24.3 Å². The first-order chi connectivity index (χ1) is 15.0. The van der Waals surface area contributed by atoms with Crippen LogP contribution in [-0.4, -0.2) is 11.7 Å². The van der Waals surface area contributed by atoms with Crippen molar-refractivity contribution in [1.29, 1.82) is 0 Å². The van der Waals surface area contributed by atoms with Gasteiger partial charge in [0.2, 0.25) is 0 Å². The zero-order valence-corrected chi connectivity index (χ0v) is 18.0. The van der Waals surface area contributed by atoms with Crippen molar-refractivity contribution in [2.75, 3.05) is 6.61 Å². The maximum atomic E-state index is 14.6. The molecule has 1 heterocycles. The third-order valence-corrected chi connectivity index (χ3v) is 6.94. The van der Waals surface area contributed by atoms with Crippen molar-refractivity contribution in [2.45, 2.75) is 76.4 Å². The topological polar surface area (TPSA) is 32.8 Å². The fraction of sp³-hybridized carbons (Fsp3) is 0.538. The van der Waals surface area contributed by atoms with E-state index in [9.17, 15) is 18.3 Å². The van der Waals surface area contributed by atoms with E-state index in [-0.39, 0.29) is 17.8 Å². The summed E-state index contributed by atoms with van der Waals surface area (Å²) < 4.78 is 48.4. The lowest BCUT2D eigenvalue weighted by Gasteiger charge is -2.29. The number of halogens is 3. The molecule has 168 valence electrons. The van der Waals surface area contributed by atoms with Crippen LogP contribution in [0.25, 0.3) is 0 Å². The zero-order chi connectivity index (χ0) is 22.0. The van der Waals surface area contributed by atoms with E-state index in [1.165, 1.54) is 0 Å². The maximum absolute atomic E-state index is 14.6. The number of benzene rings is 2. The summed E-state index contributed by atoms with van der Waals surface area (Å²) in [6.45, 7) is 2.43. The van der Waals surface area contributed by atoms with Gasteiger partial charge >= 0.3 is 0 Å². The number of ether oxygens (including phenoxy) is 1. The van der Waals surface area contributed by atoms with Gasteiger partial charge in [0.05, 0.1) is 12.7 Å². The number of aryl methyl sites for hydroxylation is 1. The van der Waals surface area contributed by atoms with Gasteiger partial charge in [0, 0.05) is 11.1 Å². The Balaban J connectivity index is 1.30. The molecular formula is C26H31F3O2. The molecule has 1 saturated heterocycles. The lowest BCUT2D eigenvalue weighted by molar-refractivity contribution is 0.162. The molecule has 0 aromatic heterocycles. The third kappa shape index (κ3) is 5.15. The molecule has 2 nitrogen and oxygen atoms in total. The van der Waals surface area contributed by atoms with Crippen LogP contribution < -0.4 is 0 Å². The van der Waals surface area contributed by atoms with Crippen LogP contribution in [-0.2, 0) is 11.2 Å². The highest BCUT2D eigenvalue weighted by atomic mass is 19.2. The van der Waals surface area contributed by atoms with E-state index in [0.717, 1.165) is 50.5 Å². The van der Waals surface area contributed by atoms with Crippen molar-refractivity contribution in [3.8, 4) is 0 Å². The van der Waals surface area contributed by atoms with E-state index in [2.05, 4.69) is 0 Å². The van der Waals surface area contributed by atoms with Gasteiger partial charge in [-0.1, -0.05) is 37.6 Å². The van der Waals surface area contributed by atoms with Crippen molar-refractivity contribution in [3.63, 3.8) is 0 Å². The molecule has 4 rings (SSSR count). The fourth-order valence-electron chi connectivity index (χ4n) is 4.93. The zero-order valence-electron chi connectivity index (χ0n) is 18.0. The van der Waals surface area contributed by atoms with Gasteiger partial charge in [-0.05, 0) is 74.0 Å². The van der Waals surface area contributed by atoms with Gasteiger partial charge in [-0.2, -0.15) is 0 Å². The smallest absolute Gasteiger partial charge is 0.165 e. The van der Waals surface area contributed by atoms with Crippen LogP contribution in [0.3, 0.4) is 0 Å². The Morgan fingerprint density at radius 3 is 2.32 bits per heavy atom. The van der Waals surface area contributed by atoms with Gasteiger partial charge in [0.25, 0.3) is 0 Å². The lowest BCUT2D eigenvalue weighted by atomic mass is 9.76. The van der Waals surface area contributed by atoms with Crippen LogP contribution in [0, 0.1) is 23.4 Å². The summed E-state index contributed by atoms with van der Waals surface area (Å²) in [7, 11) is 0. The number of hydrogen-bond donors (Lipinski definition) is 1. The predicted molar refractivity (Wildman–Crippen MR) is 114 cm³/mol. The minimum Gasteiger partial charge on any atom is -0.388 e. The standard InChI is InChI=1S/C26H31F3O2/c1-2-3-23(30)20-11-8-17(14-22(20)27)5-4-16-6-9-18(10-7-16)19-12-13-21(24-15-31-24)26(29)25(19)28/h8,11-14,16,18,23-24,30H,2-7,9-10,15H2,1H3. The summed E-state index contributed by atoms with van der Waals surface area (Å²) in [5.74, 6) is -1.23. The van der Waals surface area contributed by atoms with Crippen LogP contribution >= 0.6 is 0 Å². The Morgan fingerprint density at radius 2 is 1.68 bits per heavy atom. The molecule has 2 aromatic rings. The number of epoxide rings is 1. The summed E-state index contributed by atoms with van der Waals surface area (Å²) in [5, 5.41) is 10.0. The highest BCUT2D eigenvalue weighted by Crippen LogP contribution is 2.41. The second-order valence-corrected chi connectivity index (χ2v) is 9.11. The summed E-state index contributed by atoms with van der Waals surface area (Å²) in [4.78, 5) is 0. The molecule has 1 N–H and O–H groups in total. The number of aliphatic hydroxyl groups is 1. The quantitative estimate of drug-likeness (QED) is 0.460. The maximum Gasteiger partial charge on any atom is 0.165 e. The highest BCUT2D eigenvalue weighted by Gasteiger charge is 2.32. The second kappa shape index (κ2) is 9.74. The van der Waals surface area contributed by atoms with Gasteiger partial charge in [0.15, 0.2) is 11.6 Å². The first kappa shape index (κ1) is 22.3. The van der Waals surface area contributed by atoms with Gasteiger partial charge < -0.3 is 9.84 Å². The molecule has 2 aromatic carbocycles. The molecule has 1 saturated carbocycles. The Bertz CT molecular complexity index is 902. The van der Waals surface area contributed by atoms with Crippen molar-refractivity contribution >= 4 is 0 Å². The second-order valence-electron chi connectivity index (χ2n) is 9.11. The van der Waals surface area contributed by atoms with Crippen molar-refractivity contribution in [3.05, 3.63) is 70.0 Å². The fourth-order valence-corrected chi connectivity index (χ4v) is 4.93. The van der Waals surface area contributed by atoms with E-state index in [4.69, 9.17) is 4.74 Å². The molecule has 31 heavy (non-hydrogen) atoms. The summed E-state index contributed by atoms with van der Waals surface area (Å²) in [5.41, 5.74) is 2.14. The number of hydrogen-bond acceptors (Lipinski definition) is 2. The predicted octanol–water partition coefficient (Wildman–Crippen LogP) is 6.92. The molecule has 0 amide bonds. The van der Waals surface area contributed by atoms with Gasteiger partial charge in [-0.25, -0.2) is 13.2 Å². The number of rotatable bonds is 8. The minimum atomic E-state index is -0.753. The molecule has 2 unspecified atom stereocenters. The first-order valence-electron chi connectivity index (χ1n) is 11.5. The van der Waals surface area contributed by atoms with E-state index in [0.29, 0.717) is 35.6 Å². The first-order valence-corrected chi connectivity index (χ1v) is 11.5. The Morgan fingerprint density at radius 1 is 1.00 bits per heavy atom. The summed E-state index contributed by atoms with van der Waals surface area (Å²) >= 11 is 0. The van der Waals surface area contributed by atoms with Crippen molar-refractivity contribution < 1.29 is 23.0 Å². The summed E-state index contributed by atoms with van der Waals surface area (Å²) in [6.07, 6.45) is 5.70. The third-order valence-electron chi connectivity index (χ3n) is 6.94. The molecule has 2 aliphatic rings. The molecule has 2 atom stereocenters. The Hall–Kier alpha value is -1.85. The molecule has 0 radical (unpaired) electrons. The van der Waals surface area contributed by atoms with Crippen LogP contribution in [0.1, 0.15) is 92.2 Å². The molecule has 0 bridgehead atoms. The van der Waals surface area contributed by atoms with E-state index in [1.807, 2.05) is 13.0 Å². The molecule has 1 aliphatic heterocycles. The van der Waals surface area contributed by atoms with Gasteiger partial charge in [0.1, 0.15) is 11.9 Å². The molecule has 5 heteroatoms. The van der Waals surface area contributed by atoms with Crippen molar-refractivity contribution in [1.82, 2.24) is 0 Å². The average Bonchev–Trinajstić information content (AvgIpc) is 3.60. The van der Waals surface area contributed by atoms with E-state index >= 15 is 0 Å².